The molecular formula is C14H19N5. The molecule has 1 aliphatic rings. The van der Waals surface area contributed by atoms with Crippen LogP contribution >= 0.6 is 0 Å². The number of nitrogens with two attached hydrogens (primary N) is 1. The zero-order chi connectivity index (χ0) is 13.2. The second-order valence-corrected chi connectivity index (χ2v) is 4.97. The lowest BCUT2D eigenvalue weighted by atomic mass is 10.1. The molecule has 1 atom stereocenters. The number of nitrogens with zero attached hydrogens (tertiary/aromatic N) is 3. The van der Waals surface area contributed by atoms with Crippen LogP contribution in [0.1, 0.15) is 6.42 Å². The van der Waals surface area contributed by atoms with Gasteiger partial charge in [-0.25, -0.2) is 9.97 Å². The molecule has 2 heterocycles. The first kappa shape index (κ1) is 12.2. The van der Waals surface area contributed by atoms with Gasteiger partial charge in [0.05, 0.1) is 11.0 Å². The molecule has 1 fully saturated rings. The molecule has 19 heavy (non-hydrogen) atoms. The number of rotatable bonds is 3. The average Bonchev–Trinajstić information content (AvgIpc) is 2.94. The quantitative estimate of drug-likeness (QED) is 0.871. The molecule has 1 aliphatic heterocycles. The molecular weight excluding hydrogens is 238 g/mol. The summed E-state index contributed by atoms with van der Waals surface area (Å²) >= 11 is 0. The van der Waals surface area contributed by atoms with E-state index in [2.05, 4.69) is 15.2 Å². The normalized spacial score (nSPS) is 19.1. The lowest BCUT2D eigenvalue weighted by Gasteiger charge is -2.20. The van der Waals surface area contributed by atoms with Gasteiger partial charge in [0.1, 0.15) is 0 Å². The predicted molar refractivity (Wildman–Crippen MR) is 78.5 cm³/mol. The molecule has 0 aliphatic carbocycles. The minimum atomic E-state index is 0.568. The third-order valence-corrected chi connectivity index (χ3v) is 3.71. The van der Waals surface area contributed by atoms with Crippen LogP contribution in [-0.4, -0.2) is 36.6 Å². The Morgan fingerprint density at radius 1 is 1.32 bits per heavy atom. The van der Waals surface area contributed by atoms with Crippen LogP contribution in [0.4, 0.5) is 11.6 Å². The number of benzene rings is 1. The highest BCUT2D eigenvalue weighted by Crippen LogP contribution is 2.28. The van der Waals surface area contributed by atoms with Crippen LogP contribution < -0.4 is 16.0 Å². The van der Waals surface area contributed by atoms with E-state index in [0.717, 1.165) is 48.7 Å². The fourth-order valence-corrected chi connectivity index (χ4v) is 2.60. The summed E-state index contributed by atoms with van der Waals surface area (Å²) in [4.78, 5) is 11.7. The first-order valence-electron chi connectivity index (χ1n) is 6.71. The minimum absolute atomic E-state index is 0.568. The minimum Gasteiger partial charge on any atom is -0.370 e. The van der Waals surface area contributed by atoms with Gasteiger partial charge in [0, 0.05) is 20.1 Å². The number of fused-ring (bicyclic) bond motifs is 1. The Morgan fingerprint density at radius 2 is 2.05 bits per heavy atom. The SMILES string of the molecule is CNc1nc2ccccc2nc1N1CC[C@@H](CN)C1. The van der Waals surface area contributed by atoms with E-state index in [1.54, 1.807) is 0 Å². The standard InChI is InChI=1S/C14H19N5/c1-16-13-14(19-7-6-10(8-15)9-19)18-12-5-3-2-4-11(12)17-13/h2-5,10H,6-9,15H2,1H3,(H,16,17)/t10-/m0/s1. The van der Waals surface area contributed by atoms with Gasteiger partial charge in [-0.05, 0) is 31.0 Å². The summed E-state index contributed by atoms with van der Waals surface area (Å²) in [6, 6.07) is 7.96. The third kappa shape index (κ3) is 2.21. The highest BCUT2D eigenvalue weighted by molar-refractivity contribution is 5.80. The Kier molecular flexibility index (Phi) is 3.21. The van der Waals surface area contributed by atoms with Gasteiger partial charge in [0.25, 0.3) is 0 Å². The van der Waals surface area contributed by atoms with Gasteiger partial charge in [-0.2, -0.15) is 0 Å². The van der Waals surface area contributed by atoms with E-state index in [0.29, 0.717) is 5.92 Å². The highest BCUT2D eigenvalue weighted by Gasteiger charge is 2.24. The van der Waals surface area contributed by atoms with Crippen molar-refractivity contribution in [3.8, 4) is 0 Å². The lowest BCUT2D eigenvalue weighted by molar-refractivity contribution is 0.602. The Hall–Kier alpha value is -1.88. The number of anilines is 2. The monoisotopic (exact) mass is 257 g/mol. The highest BCUT2D eigenvalue weighted by atomic mass is 15.2. The van der Waals surface area contributed by atoms with Crippen LogP contribution in [0.15, 0.2) is 24.3 Å². The van der Waals surface area contributed by atoms with Crippen LogP contribution in [0, 0.1) is 5.92 Å². The van der Waals surface area contributed by atoms with Crippen molar-refractivity contribution in [3.05, 3.63) is 24.3 Å². The van der Waals surface area contributed by atoms with Crippen molar-refractivity contribution in [2.24, 2.45) is 11.7 Å². The van der Waals surface area contributed by atoms with Crippen molar-refractivity contribution >= 4 is 22.7 Å². The van der Waals surface area contributed by atoms with Gasteiger partial charge in [-0.15, -0.1) is 0 Å². The maximum absolute atomic E-state index is 5.76. The van der Waals surface area contributed by atoms with Gasteiger partial charge in [0.15, 0.2) is 11.6 Å². The van der Waals surface area contributed by atoms with Crippen molar-refractivity contribution in [2.75, 3.05) is 36.9 Å². The van der Waals surface area contributed by atoms with E-state index in [9.17, 15) is 0 Å². The summed E-state index contributed by atoms with van der Waals surface area (Å²) in [5.41, 5.74) is 7.62. The van der Waals surface area contributed by atoms with Crippen molar-refractivity contribution in [1.29, 1.82) is 0 Å². The summed E-state index contributed by atoms with van der Waals surface area (Å²) in [7, 11) is 1.89. The molecule has 1 aromatic carbocycles. The lowest BCUT2D eigenvalue weighted by Crippen LogP contribution is -2.24. The molecule has 5 nitrogen and oxygen atoms in total. The largest absolute Gasteiger partial charge is 0.370 e. The fraction of sp³-hybridized carbons (Fsp3) is 0.429. The van der Waals surface area contributed by atoms with Crippen LogP contribution in [-0.2, 0) is 0 Å². The van der Waals surface area contributed by atoms with Gasteiger partial charge in [-0.3, -0.25) is 0 Å². The summed E-state index contributed by atoms with van der Waals surface area (Å²) in [5.74, 6) is 2.35. The Balaban J connectivity index is 2.02. The van der Waals surface area contributed by atoms with E-state index < -0.39 is 0 Å². The zero-order valence-corrected chi connectivity index (χ0v) is 11.1. The summed E-state index contributed by atoms with van der Waals surface area (Å²) < 4.78 is 0. The van der Waals surface area contributed by atoms with E-state index in [1.165, 1.54) is 0 Å². The number of hydrogen-bond donors (Lipinski definition) is 2. The zero-order valence-electron chi connectivity index (χ0n) is 11.1. The molecule has 0 bridgehead atoms. The van der Waals surface area contributed by atoms with Crippen LogP contribution in [0.25, 0.3) is 11.0 Å². The first-order valence-corrected chi connectivity index (χ1v) is 6.71. The maximum Gasteiger partial charge on any atom is 0.172 e. The van der Waals surface area contributed by atoms with Crippen LogP contribution in [0.5, 0.6) is 0 Å². The Labute approximate surface area is 112 Å². The summed E-state index contributed by atoms with van der Waals surface area (Å²) in [5, 5.41) is 3.15. The van der Waals surface area contributed by atoms with Crippen LogP contribution in [0.2, 0.25) is 0 Å². The topological polar surface area (TPSA) is 67.1 Å². The molecule has 0 saturated carbocycles. The Morgan fingerprint density at radius 3 is 2.68 bits per heavy atom. The van der Waals surface area contributed by atoms with Gasteiger partial charge in [-0.1, -0.05) is 12.1 Å². The molecule has 5 heteroatoms. The first-order chi connectivity index (χ1) is 9.31. The number of nitrogens with one attached hydrogen (secondary N) is 1. The fourth-order valence-electron chi connectivity index (χ4n) is 2.60. The molecule has 3 rings (SSSR count). The number of para-hydroxylation sites is 2. The predicted octanol–water partition coefficient (Wildman–Crippen LogP) is 1.46. The van der Waals surface area contributed by atoms with Crippen LogP contribution in [0.3, 0.4) is 0 Å². The summed E-state index contributed by atoms with van der Waals surface area (Å²) in [6.45, 7) is 2.72. The second kappa shape index (κ2) is 5.01. The van der Waals surface area contributed by atoms with Gasteiger partial charge < -0.3 is 16.0 Å². The third-order valence-electron chi connectivity index (χ3n) is 3.71. The molecule has 0 amide bonds. The van der Waals surface area contributed by atoms with Gasteiger partial charge >= 0.3 is 0 Å². The molecule has 0 radical (unpaired) electrons. The average molecular weight is 257 g/mol. The number of hydrogen-bond acceptors (Lipinski definition) is 5. The van der Waals surface area contributed by atoms with E-state index >= 15 is 0 Å². The smallest absolute Gasteiger partial charge is 0.172 e. The van der Waals surface area contributed by atoms with E-state index in [1.807, 2.05) is 31.3 Å². The molecule has 1 aromatic heterocycles. The number of aromatic nitrogens is 2. The molecule has 2 aromatic rings. The van der Waals surface area contributed by atoms with E-state index in [4.69, 9.17) is 10.7 Å². The van der Waals surface area contributed by atoms with Crippen molar-refractivity contribution < 1.29 is 0 Å². The molecule has 3 N–H and O–H groups in total. The molecule has 1 saturated heterocycles. The second-order valence-electron chi connectivity index (χ2n) is 4.97. The Bertz CT molecular complexity index is 583. The molecule has 100 valence electrons. The molecule has 0 unspecified atom stereocenters. The van der Waals surface area contributed by atoms with E-state index in [-0.39, 0.29) is 0 Å². The van der Waals surface area contributed by atoms with Crippen molar-refractivity contribution in [3.63, 3.8) is 0 Å². The maximum atomic E-state index is 5.76. The van der Waals surface area contributed by atoms with Crippen molar-refractivity contribution in [1.82, 2.24) is 9.97 Å². The molecule has 0 spiro atoms. The summed E-state index contributed by atoms with van der Waals surface area (Å²) in [6.07, 6.45) is 1.13. The van der Waals surface area contributed by atoms with Gasteiger partial charge in [0.2, 0.25) is 0 Å². The van der Waals surface area contributed by atoms with Crippen molar-refractivity contribution in [2.45, 2.75) is 6.42 Å².